The molecule has 0 saturated heterocycles. The topological polar surface area (TPSA) is 81.3 Å². The number of hydrogen-bond donors (Lipinski definition) is 1. The third-order valence-corrected chi connectivity index (χ3v) is 7.13. The molecule has 6 nitrogen and oxygen atoms in total. The van der Waals surface area contributed by atoms with Crippen LogP contribution in [-0.4, -0.2) is 23.8 Å². The van der Waals surface area contributed by atoms with E-state index >= 15 is 0 Å². The van der Waals surface area contributed by atoms with E-state index in [0.717, 1.165) is 36.5 Å². The SMILES string of the molecule is CC.CNC(=O)CCC(C=O)n1c(=O)oc2c(C3CCC(C4CCC4)CC3)cccc21. The normalized spacial score (nSPS) is 22.2. The summed E-state index contributed by atoms with van der Waals surface area (Å²) in [5.74, 6) is 1.51. The number of carbonyl (C=O) groups excluding carboxylic acids is 2. The third kappa shape index (κ3) is 4.94. The van der Waals surface area contributed by atoms with E-state index in [2.05, 4.69) is 11.4 Å². The number of nitrogens with one attached hydrogen (secondary N) is 1. The smallest absolute Gasteiger partial charge is 0.407 e. The lowest BCUT2D eigenvalue weighted by atomic mass is 9.67. The highest BCUT2D eigenvalue weighted by Crippen LogP contribution is 2.45. The summed E-state index contributed by atoms with van der Waals surface area (Å²) in [5.41, 5.74) is 2.35. The molecule has 2 saturated carbocycles. The summed E-state index contributed by atoms with van der Waals surface area (Å²) in [6.07, 6.45) is 10.1. The van der Waals surface area contributed by atoms with Crippen LogP contribution in [0.15, 0.2) is 27.4 Å². The first-order chi connectivity index (χ1) is 15.1. The van der Waals surface area contributed by atoms with Crippen molar-refractivity contribution >= 4 is 23.3 Å². The maximum atomic E-state index is 12.6. The third-order valence-electron chi connectivity index (χ3n) is 7.13. The summed E-state index contributed by atoms with van der Waals surface area (Å²) >= 11 is 0. The molecule has 0 bridgehead atoms. The van der Waals surface area contributed by atoms with E-state index in [1.807, 2.05) is 26.0 Å². The van der Waals surface area contributed by atoms with E-state index in [1.165, 1.54) is 36.7 Å². The molecule has 1 amide bonds. The number of carbonyl (C=O) groups is 2. The first-order valence-corrected chi connectivity index (χ1v) is 11.9. The highest BCUT2D eigenvalue weighted by Gasteiger charge is 2.32. The molecule has 1 N–H and O–H groups in total. The molecule has 6 heteroatoms. The van der Waals surface area contributed by atoms with Gasteiger partial charge in [-0.15, -0.1) is 0 Å². The first-order valence-electron chi connectivity index (χ1n) is 11.9. The Morgan fingerprint density at radius 1 is 1.16 bits per heavy atom. The van der Waals surface area contributed by atoms with Gasteiger partial charge in [-0.05, 0) is 55.9 Å². The lowest BCUT2D eigenvalue weighted by molar-refractivity contribution is -0.121. The Balaban J connectivity index is 0.00000132. The highest BCUT2D eigenvalue weighted by atomic mass is 16.4. The van der Waals surface area contributed by atoms with Crippen molar-refractivity contribution in [2.45, 2.75) is 83.6 Å². The molecular weight excluding hydrogens is 392 g/mol. The molecule has 2 aromatic rings. The number of nitrogens with zero attached hydrogens (tertiary/aromatic N) is 1. The number of aldehydes is 1. The largest absolute Gasteiger partial charge is 0.420 e. The van der Waals surface area contributed by atoms with Gasteiger partial charge in [-0.2, -0.15) is 0 Å². The number of oxazole rings is 1. The average Bonchev–Trinajstić information content (AvgIpc) is 3.11. The van der Waals surface area contributed by atoms with Crippen LogP contribution >= 0.6 is 0 Å². The van der Waals surface area contributed by atoms with Crippen LogP contribution in [0.25, 0.3) is 11.1 Å². The van der Waals surface area contributed by atoms with Gasteiger partial charge in [0.05, 0.1) is 11.6 Å². The molecule has 0 radical (unpaired) electrons. The van der Waals surface area contributed by atoms with E-state index in [4.69, 9.17) is 4.42 Å². The molecule has 2 aliphatic rings. The summed E-state index contributed by atoms with van der Waals surface area (Å²) in [4.78, 5) is 35.9. The lowest BCUT2D eigenvalue weighted by Crippen LogP contribution is -2.26. The second-order valence-corrected chi connectivity index (χ2v) is 8.65. The van der Waals surface area contributed by atoms with Crippen molar-refractivity contribution < 1.29 is 14.0 Å². The summed E-state index contributed by atoms with van der Waals surface area (Å²) in [5, 5.41) is 2.55. The van der Waals surface area contributed by atoms with Crippen LogP contribution in [0, 0.1) is 11.8 Å². The summed E-state index contributed by atoms with van der Waals surface area (Å²) in [6, 6.07) is 5.14. The molecule has 2 aliphatic carbocycles. The van der Waals surface area contributed by atoms with E-state index in [0.29, 0.717) is 17.0 Å². The van der Waals surface area contributed by atoms with Gasteiger partial charge in [0.2, 0.25) is 5.91 Å². The van der Waals surface area contributed by atoms with E-state index < -0.39 is 11.8 Å². The summed E-state index contributed by atoms with van der Waals surface area (Å²) in [7, 11) is 1.56. The van der Waals surface area contributed by atoms with Crippen molar-refractivity contribution in [3.63, 3.8) is 0 Å². The molecule has 0 spiro atoms. The Morgan fingerprint density at radius 2 is 1.84 bits per heavy atom. The van der Waals surface area contributed by atoms with Crippen molar-refractivity contribution in [3.8, 4) is 0 Å². The number of aromatic nitrogens is 1. The zero-order chi connectivity index (χ0) is 22.4. The fraction of sp³-hybridized carbons (Fsp3) is 0.640. The molecule has 31 heavy (non-hydrogen) atoms. The number of para-hydroxylation sites is 1. The van der Waals surface area contributed by atoms with Gasteiger partial charge in [0.25, 0.3) is 0 Å². The highest BCUT2D eigenvalue weighted by molar-refractivity contribution is 5.79. The van der Waals surface area contributed by atoms with E-state index in [-0.39, 0.29) is 18.7 Å². The molecule has 2 fully saturated rings. The molecule has 1 atom stereocenters. The van der Waals surface area contributed by atoms with Crippen LogP contribution in [0.4, 0.5) is 0 Å². The van der Waals surface area contributed by atoms with Crippen LogP contribution in [0.2, 0.25) is 0 Å². The Bertz CT molecular complexity index is 933. The number of fused-ring (bicyclic) bond motifs is 1. The Morgan fingerprint density at radius 3 is 2.42 bits per heavy atom. The molecule has 1 aromatic carbocycles. The van der Waals surface area contributed by atoms with Gasteiger partial charge in [0, 0.05) is 19.0 Å². The van der Waals surface area contributed by atoms with Gasteiger partial charge in [0.15, 0.2) is 5.58 Å². The van der Waals surface area contributed by atoms with Crippen LogP contribution in [0.1, 0.15) is 89.2 Å². The predicted molar refractivity (Wildman–Crippen MR) is 122 cm³/mol. The molecular formula is C25H36N2O4. The van der Waals surface area contributed by atoms with Crippen molar-refractivity contribution in [2.75, 3.05) is 7.05 Å². The number of rotatable bonds is 7. The van der Waals surface area contributed by atoms with Crippen molar-refractivity contribution in [1.82, 2.24) is 9.88 Å². The maximum Gasteiger partial charge on any atom is 0.420 e. The molecule has 4 rings (SSSR count). The van der Waals surface area contributed by atoms with Crippen molar-refractivity contribution in [1.29, 1.82) is 0 Å². The fourth-order valence-electron chi connectivity index (χ4n) is 5.19. The van der Waals surface area contributed by atoms with Gasteiger partial charge in [-0.25, -0.2) is 4.79 Å². The zero-order valence-electron chi connectivity index (χ0n) is 19.1. The first kappa shape index (κ1) is 23.3. The van der Waals surface area contributed by atoms with Crippen LogP contribution in [0.5, 0.6) is 0 Å². The molecule has 1 heterocycles. The van der Waals surface area contributed by atoms with Gasteiger partial charge < -0.3 is 14.5 Å². The standard InChI is InChI=1S/C23H30N2O4.C2H6/c1-24-21(27)13-12-18(14-26)25-20-7-3-6-19(22(20)29-23(25)28)17-10-8-16(9-11-17)15-4-2-5-15;1-2/h3,6-7,14-18H,2,4-5,8-13H2,1H3,(H,24,27);1-2H3. The molecule has 0 aliphatic heterocycles. The van der Waals surface area contributed by atoms with Gasteiger partial charge in [0.1, 0.15) is 6.29 Å². The number of hydrogen-bond acceptors (Lipinski definition) is 4. The van der Waals surface area contributed by atoms with Crippen LogP contribution in [-0.2, 0) is 9.59 Å². The monoisotopic (exact) mass is 428 g/mol. The summed E-state index contributed by atoms with van der Waals surface area (Å²) < 4.78 is 7.07. The van der Waals surface area contributed by atoms with Crippen LogP contribution in [0.3, 0.4) is 0 Å². The number of benzene rings is 1. The van der Waals surface area contributed by atoms with E-state index in [1.54, 1.807) is 7.05 Å². The average molecular weight is 429 g/mol. The van der Waals surface area contributed by atoms with Gasteiger partial charge in [-0.3, -0.25) is 9.36 Å². The summed E-state index contributed by atoms with van der Waals surface area (Å²) in [6.45, 7) is 4.00. The fourth-order valence-corrected chi connectivity index (χ4v) is 5.19. The Hall–Kier alpha value is -2.37. The number of amides is 1. The zero-order valence-corrected chi connectivity index (χ0v) is 19.1. The van der Waals surface area contributed by atoms with Crippen molar-refractivity contribution in [2.24, 2.45) is 11.8 Å². The minimum atomic E-state index is -0.703. The van der Waals surface area contributed by atoms with Gasteiger partial charge >= 0.3 is 5.76 Å². The molecule has 1 aromatic heterocycles. The molecule has 1 unspecified atom stereocenters. The van der Waals surface area contributed by atoms with Crippen LogP contribution < -0.4 is 11.1 Å². The maximum absolute atomic E-state index is 12.6. The Labute approximate surface area is 184 Å². The quantitative estimate of drug-likeness (QED) is 0.632. The lowest BCUT2D eigenvalue weighted by Gasteiger charge is -2.38. The minimum Gasteiger partial charge on any atom is -0.407 e. The molecule has 170 valence electrons. The second-order valence-electron chi connectivity index (χ2n) is 8.65. The minimum absolute atomic E-state index is 0.151. The Kier molecular flexibility index (Phi) is 8.10. The van der Waals surface area contributed by atoms with Gasteiger partial charge in [-0.1, -0.05) is 45.2 Å². The second kappa shape index (κ2) is 10.8. The van der Waals surface area contributed by atoms with E-state index in [9.17, 15) is 14.4 Å². The predicted octanol–water partition coefficient (Wildman–Crippen LogP) is 4.96. The van der Waals surface area contributed by atoms with Crippen molar-refractivity contribution in [3.05, 3.63) is 34.3 Å².